The summed E-state index contributed by atoms with van der Waals surface area (Å²) >= 11 is 5.99. The van der Waals surface area contributed by atoms with E-state index in [0.717, 1.165) is 41.6 Å². The van der Waals surface area contributed by atoms with Crippen LogP contribution >= 0.6 is 11.6 Å². The highest BCUT2D eigenvalue weighted by molar-refractivity contribution is 6.30. The first-order chi connectivity index (χ1) is 11.1. The number of amides is 1. The van der Waals surface area contributed by atoms with Gasteiger partial charge in [0.2, 0.25) is 5.91 Å². The predicted octanol–water partition coefficient (Wildman–Crippen LogP) is 2.30. The van der Waals surface area contributed by atoms with E-state index in [1.807, 2.05) is 42.3 Å². The third-order valence-electron chi connectivity index (χ3n) is 4.11. The molecule has 122 valence electrons. The number of hydrogen-bond acceptors (Lipinski definition) is 3. The number of aromatic amines is 1. The Morgan fingerprint density at radius 2 is 2.35 bits per heavy atom. The van der Waals surface area contributed by atoms with Crippen molar-refractivity contribution in [3.8, 4) is 0 Å². The van der Waals surface area contributed by atoms with E-state index in [2.05, 4.69) is 15.3 Å². The van der Waals surface area contributed by atoms with Gasteiger partial charge >= 0.3 is 0 Å². The first kappa shape index (κ1) is 16.0. The van der Waals surface area contributed by atoms with E-state index in [4.69, 9.17) is 11.6 Å². The lowest BCUT2D eigenvalue weighted by molar-refractivity contribution is -0.127. The largest absolute Gasteiger partial charge is 0.345 e. The highest BCUT2D eigenvalue weighted by Gasteiger charge is 2.28. The predicted molar refractivity (Wildman–Crippen MR) is 90.3 cm³/mol. The smallest absolute Gasteiger partial charge is 0.224 e. The molecule has 23 heavy (non-hydrogen) atoms. The number of carbonyl (C=O) groups excluding carboxylic acids is 1. The molecule has 2 aromatic rings. The molecular weight excluding hydrogens is 312 g/mol. The Balaban J connectivity index is 1.47. The molecule has 5 nitrogen and oxygen atoms in total. The SMILES string of the molecule is Cc1ncc(CN[C@H]2CC(=O)N(CCc3cccc(Cl)c3)C2)[nH]1. The Morgan fingerprint density at radius 1 is 1.48 bits per heavy atom. The van der Waals surface area contributed by atoms with E-state index in [0.29, 0.717) is 13.0 Å². The lowest BCUT2D eigenvalue weighted by Crippen LogP contribution is -2.33. The van der Waals surface area contributed by atoms with E-state index in [-0.39, 0.29) is 11.9 Å². The number of hydrogen-bond donors (Lipinski definition) is 2. The number of nitrogens with zero attached hydrogens (tertiary/aromatic N) is 2. The Labute approximate surface area is 141 Å². The maximum atomic E-state index is 12.1. The van der Waals surface area contributed by atoms with E-state index in [9.17, 15) is 4.79 Å². The second kappa shape index (κ2) is 7.15. The molecule has 0 radical (unpaired) electrons. The van der Waals surface area contributed by atoms with Crippen LogP contribution in [0.3, 0.4) is 0 Å². The number of rotatable bonds is 6. The Morgan fingerprint density at radius 3 is 3.09 bits per heavy atom. The van der Waals surface area contributed by atoms with Crippen molar-refractivity contribution >= 4 is 17.5 Å². The minimum absolute atomic E-state index is 0.200. The third kappa shape index (κ3) is 4.33. The van der Waals surface area contributed by atoms with Crippen molar-refractivity contribution in [1.82, 2.24) is 20.2 Å². The quantitative estimate of drug-likeness (QED) is 0.853. The Kier molecular flexibility index (Phi) is 4.98. The van der Waals surface area contributed by atoms with Gasteiger partial charge in [0.15, 0.2) is 0 Å². The van der Waals surface area contributed by atoms with Crippen LogP contribution in [0.4, 0.5) is 0 Å². The standard InChI is InChI=1S/C17H21ClN4O/c1-12-19-9-16(21-12)10-20-15-8-17(23)22(11-15)6-5-13-3-2-4-14(18)7-13/h2-4,7,9,15,20H,5-6,8,10-11H2,1H3,(H,19,21)/t15-/m0/s1. The van der Waals surface area contributed by atoms with Crippen LogP contribution in [0.15, 0.2) is 30.5 Å². The van der Waals surface area contributed by atoms with Gasteiger partial charge in [-0.2, -0.15) is 0 Å². The molecule has 3 rings (SSSR count). The number of halogens is 1. The molecule has 1 aliphatic heterocycles. The van der Waals surface area contributed by atoms with Crippen LogP contribution in [0.5, 0.6) is 0 Å². The van der Waals surface area contributed by atoms with Crippen molar-refractivity contribution in [2.24, 2.45) is 0 Å². The molecule has 0 spiro atoms. The maximum Gasteiger partial charge on any atom is 0.224 e. The van der Waals surface area contributed by atoms with E-state index in [1.165, 1.54) is 0 Å². The number of likely N-dealkylation sites (tertiary alicyclic amines) is 1. The van der Waals surface area contributed by atoms with E-state index < -0.39 is 0 Å². The average Bonchev–Trinajstić information content (AvgIpc) is 3.09. The summed E-state index contributed by atoms with van der Waals surface area (Å²) < 4.78 is 0. The van der Waals surface area contributed by atoms with Crippen molar-refractivity contribution in [2.45, 2.75) is 32.4 Å². The van der Waals surface area contributed by atoms with Gasteiger partial charge in [0.25, 0.3) is 0 Å². The van der Waals surface area contributed by atoms with Crippen LogP contribution in [-0.2, 0) is 17.8 Å². The van der Waals surface area contributed by atoms with Gasteiger partial charge < -0.3 is 15.2 Å². The summed E-state index contributed by atoms with van der Waals surface area (Å²) in [7, 11) is 0. The van der Waals surface area contributed by atoms with Gasteiger partial charge in [0.1, 0.15) is 5.82 Å². The van der Waals surface area contributed by atoms with Crippen molar-refractivity contribution in [3.63, 3.8) is 0 Å². The molecule has 1 atom stereocenters. The number of benzene rings is 1. The van der Waals surface area contributed by atoms with Crippen LogP contribution in [0.2, 0.25) is 5.02 Å². The summed E-state index contributed by atoms with van der Waals surface area (Å²) in [5.74, 6) is 1.12. The van der Waals surface area contributed by atoms with Crippen LogP contribution in [0.1, 0.15) is 23.5 Å². The number of imidazole rings is 1. The normalized spacial score (nSPS) is 17.9. The Hall–Kier alpha value is -1.85. The summed E-state index contributed by atoms with van der Waals surface area (Å²) in [5, 5.41) is 4.16. The monoisotopic (exact) mass is 332 g/mol. The molecule has 0 bridgehead atoms. The van der Waals surface area contributed by atoms with Crippen LogP contribution in [-0.4, -0.2) is 39.9 Å². The highest BCUT2D eigenvalue weighted by Crippen LogP contribution is 2.15. The number of aryl methyl sites for hydroxylation is 1. The molecule has 1 aliphatic rings. The average molecular weight is 333 g/mol. The summed E-state index contributed by atoms with van der Waals surface area (Å²) in [6.07, 6.45) is 3.22. The number of H-pyrrole nitrogens is 1. The van der Waals surface area contributed by atoms with Crippen LogP contribution < -0.4 is 5.32 Å². The second-order valence-corrected chi connectivity index (χ2v) is 6.43. The zero-order valence-corrected chi connectivity index (χ0v) is 13.9. The van der Waals surface area contributed by atoms with Crippen molar-refractivity contribution in [1.29, 1.82) is 0 Å². The first-order valence-electron chi connectivity index (χ1n) is 7.86. The van der Waals surface area contributed by atoms with Crippen LogP contribution in [0, 0.1) is 6.92 Å². The van der Waals surface area contributed by atoms with Crippen molar-refractivity contribution < 1.29 is 4.79 Å². The molecule has 1 fully saturated rings. The molecule has 1 aromatic carbocycles. The molecule has 2 N–H and O–H groups in total. The van der Waals surface area contributed by atoms with E-state index >= 15 is 0 Å². The minimum Gasteiger partial charge on any atom is -0.345 e. The van der Waals surface area contributed by atoms with Gasteiger partial charge in [-0.25, -0.2) is 4.98 Å². The highest BCUT2D eigenvalue weighted by atomic mass is 35.5. The van der Waals surface area contributed by atoms with Gasteiger partial charge in [0.05, 0.1) is 0 Å². The van der Waals surface area contributed by atoms with Crippen LogP contribution in [0.25, 0.3) is 0 Å². The fraction of sp³-hybridized carbons (Fsp3) is 0.412. The fourth-order valence-corrected chi connectivity index (χ4v) is 3.11. The number of nitrogens with one attached hydrogen (secondary N) is 2. The lowest BCUT2D eigenvalue weighted by Gasteiger charge is -2.17. The molecule has 0 saturated carbocycles. The molecule has 0 unspecified atom stereocenters. The second-order valence-electron chi connectivity index (χ2n) is 6.00. The molecular formula is C17H21ClN4O. The summed E-state index contributed by atoms with van der Waals surface area (Å²) in [6, 6.07) is 8.01. The fourth-order valence-electron chi connectivity index (χ4n) is 2.90. The zero-order chi connectivity index (χ0) is 16.2. The molecule has 6 heteroatoms. The maximum absolute atomic E-state index is 12.1. The number of aromatic nitrogens is 2. The third-order valence-corrected chi connectivity index (χ3v) is 4.35. The molecule has 1 aromatic heterocycles. The molecule has 1 amide bonds. The first-order valence-corrected chi connectivity index (χ1v) is 8.24. The lowest BCUT2D eigenvalue weighted by atomic mass is 10.1. The summed E-state index contributed by atoms with van der Waals surface area (Å²) in [5.41, 5.74) is 2.21. The molecule has 2 heterocycles. The van der Waals surface area contributed by atoms with Crippen molar-refractivity contribution in [2.75, 3.05) is 13.1 Å². The van der Waals surface area contributed by atoms with E-state index in [1.54, 1.807) is 0 Å². The van der Waals surface area contributed by atoms with Gasteiger partial charge in [-0.1, -0.05) is 23.7 Å². The van der Waals surface area contributed by atoms with Gasteiger partial charge in [-0.15, -0.1) is 0 Å². The van der Waals surface area contributed by atoms with Crippen molar-refractivity contribution in [3.05, 3.63) is 52.6 Å². The summed E-state index contributed by atoms with van der Waals surface area (Å²) in [4.78, 5) is 21.4. The molecule has 0 aliphatic carbocycles. The van der Waals surface area contributed by atoms with Gasteiger partial charge in [0, 0.05) is 49.0 Å². The van der Waals surface area contributed by atoms with Gasteiger partial charge in [-0.05, 0) is 31.0 Å². The molecule has 1 saturated heterocycles. The minimum atomic E-state index is 0.200. The Bertz CT molecular complexity index is 685. The number of carbonyl (C=O) groups is 1. The summed E-state index contributed by atoms with van der Waals surface area (Å²) in [6.45, 7) is 4.13. The van der Waals surface area contributed by atoms with Gasteiger partial charge in [-0.3, -0.25) is 4.79 Å². The zero-order valence-electron chi connectivity index (χ0n) is 13.2. The topological polar surface area (TPSA) is 61.0 Å².